The molecule has 1 N–H and O–H groups in total. The van der Waals surface area contributed by atoms with Crippen LogP contribution in [-0.4, -0.2) is 5.91 Å². The van der Waals surface area contributed by atoms with E-state index in [-0.39, 0.29) is 5.91 Å². The van der Waals surface area contributed by atoms with E-state index in [1.54, 1.807) is 0 Å². The highest BCUT2D eigenvalue weighted by Crippen LogP contribution is 2.23. The van der Waals surface area contributed by atoms with Crippen molar-refractivity contribution in [3.8, 4) is 11.1 Å². The molecule has 0 saturated heterocycles. The maximum atomic E-state index is 11.2. The molecule has 0 heterocycles. The van der Waals surface area contributed by atoms with Crippen molar-refractivity contribution >= 4 is 5.91 Å². The summed E-state index contributed by atoms with van der Waals surface area (Å²) in [6, 6.07) is 16.7. The number of carbonyl (C=O) groups excluding carboxylic acids is 1. The van der Waals surface area contributed by atoms with Crippen LogP contribution in [0.1, 0.15) is 24.5 Å². The van der Waals surface area contributed by atoms with Crippen LogP contribution in [0.5, 0.6) is 0 Å². The standard InChI is InChI=1S/C17H19NO/c1-3-17(19)18-12-14-8-10-15(11-9-14)16-7-5-4-6-13(16)2/h4-11H,3,12H2,1-2H3,(H,18,19). The SMILES string of the molecule is CCC(=O)NCc1ccc(-c2ccccc2C)cc1. The van der Waals surface area contributed by atoms with Gasteiger partial charge in [0.15, 0.2) is 0 Å². The lowest BCUT2D eigenvalue weighted by Gasteiger charge is -2.08. The summed E-state index contributed by atoms with van der Waals surface area (Å²) in [5.74, 6) is 0.0861. The minimum absolute atomic E-state index is 0.0861. The molecule has 2 nitrogen and oxygen atoms in total. The first kappa shape index (κ1) is 13.3. The van der Waals surface area contributed by atoms with Gasteiger partial charge in [-0.2, -0.15) is 0 Å². The molecule has 2 aromatic carbocycles. The highest BCUT2D eigenvalue weighted by atomic mass is 16.1. The second-order valence-corrected chi connectivity index (χ2v) is 4.64. The van der Waals surface area contributed by atoms with Gasteiger partial charge in [0.25, 0.3) is 0 Å². The lowest BCUT2D eigenvalue weighted by molar-refractivity contribution is -0.120. The molecule has 0 saturated carbocycles. The van der Waals surface area contributed by atoms with Gasteiger partial charge in [-0.15, -0.1) is 0 Å². The Labute approximate surface area is 114 Å². The van der Waals surface area contributed by atoms with Gasteiger partial charge in [0.2, 0.25) is 5.91 Å². The molecule has 2 aromatic rings. The predicted octanol–water partition coefficient (Wildman–Crippen LogP) is 3.69. The molecule has 0 unspecified atom stereocenters. The van der Waals surface area contributed by atoms with Crippen molar-refractivity contribution in [2.24, 2.45) is 0 Å². The number of hydrogen-bond acceptors (Lipinski definition) is 1. The van der Waals surface area contributed by atoms with Crippen LogP contribution in [0.15, 0.2) is 48.5 Å². The Kier molecular flexibility index (Phi) is 4.35. The summed E-state index contributed by atoms with van der Waals surface area (Å²) in [5.41, 5.74) is 4.86. The minimum Gasteiger partial charge on any atom is -0.352 e. The van der Waals surface area contributed by atoms with E-state index in [4.69, 9.17) is 0 Å². The Morgan fingerprint density at radius 1 is 1.05 bits per heavy atom. The monoisotopic (exact) mass is 253 g/mol. The Morgan fingerprint density at radius 2 is 1.74 bits per heavy atom. The predicted molar refractivity (Wildman–Crippen MR) is 78.8 cm³/mol. The summed E-state index contributed by atoms with van der Waals surface area (Å²) in [4.78, 5) is 11.2. The average molecular weight is 253 g/mol. The summed E-state index contributed by atoms with van der Waals surface area (Å²) in [6.07, 6.45) is 0.529. The summed E-state index contributed by atoms with van der Waals surface area (Å²) in [6.45, 7) is 4.57. The quantitative estimate of drug-likeness (QED) is 0.884. The van der Waals surface area contributed by atoms with Crippen molar-refractivity contribution in [1.82, 2.24) is 5.32 Å². The van der Waals surface area contributed by atoms with E-state index < -0.39 is 0 Å². The van der Waals surface area contributed by atoms with E-state index in [2.05, 4.69) is 54.7 Å². The summed E-state index contributed by atoms with van der Waals surface area (Å²) >= 11 is 0. The van der Waals surface area contributed by atoms with Gasteiger partial charge in [0, 0.05) is 13.0 Å². The van der Waals surface area contributed by atoms with E-state index in [0.29, 0.717) is 13.0 Å². The fourth-order valence-electron chi connectivity index (χ4n) is 2.02. The zero-order valence-corrected chi connectivity index (χ0v) is 11.4. The molecule has 0 aliphatic rings. The number of aryl methyl sites for hydroxylation is 1. The number of rotatable bonds is 4. The first-order valence-electron chi connectivity index (χ1n) is 6.62. The molecule has 0 fully saturated rings. The zero-order chi connectivity index (χ0) is 13.7. The van der Waals surface area contributed by atoms with Crippen LogP contribution < -0.4 is 5.32 Å². The molecule has 19 heavy (non-hydrogen) atoms. The summed E-state index contributed by atoms with van der Waals surface area (Å²) < 4.78 is 0. The Hall–Kier alpha value is -2.09. The normalized spacial score (nSPS) is 10.2. The van der Waals surface area contributed by atoms with Crippen molar-refractivity contribution in [2.45, 2.75) is 26.8 Å². The molecule has 98 valence electrons. The van der Waals surface area contributed by atoms with Crippen LogP contribution in [0.25, 0.3) is 11.1 Å². The highest BCUT2D eigenvalue weighted by molar-refractivity contribution is 5.75. The second-order valence-electron chi connectivity index (χ2n) is 4.64. The van der Waals surface area contributed by atoms with Crippen molar-refractivity contribution in [1.29, 1.82) is 0 Å². The first-order chi connectivity index (χ1) is 9.20. The summed E-state index contributed by atoms with van der Waals surface area (Å²) in [7, 11) is 0. The average Bonchev–Trinajstić information content (AvgIpc) is 2.46. The third-order valence-corrected chi connectivity index (χ3v) is 3.22. The second kappa shape index (κ2) is 6.19. The van der Waals surface area contributed by atoms with Crippen molar-refractivity contribution < 1.29 is 4.79 Å². The fraction of sp³-hybridized carbons (Fsp3) is 0.235. The van der Waals surface area contributed by atoms with Gasteiger partial charge in [0.1, 0.15) is 0 Å². The van der Waals surface area contributed by atoms with Gasteiger partial charge < -0.3 is 5.32 Å². The van der Waals surface area contributed by atoms with Crippen LogP contribution in [0.4, 0.5) is 0 Å². The molecule has 0 aliphatic heterocycles. The molecule has 0 spiro atoms. The molecule has 0 radical (unpaired) electrons. The molecule has 0 aliphatic carbocycles. The lowest BCUT2D eigenvalue weighted by Crippen LogP contribution is -2.21. The van der Waals surface area contributed by atoms with Gasteiger partial charge in [-0.05, 0) is 29.2 Å². The highest BCUT2D eigenvalue weighted by Gasteiger charge is 2.02. The van der Waals surface area contributed by atoms with Crippen LogP contribution in [0.3, 0.4) is 0 Å². The van der Waals surface area contributed by atoms with Crippen LogP contribution >= 0.6 is 0 Å². The topological polar surface area (TPSA) is 29.1 Å². The molecule has 0 atom stereocenters. The van der Waals surface area contributed by atoms with E-state index in [1.165, 1.54) is 16.7 Å². The van der Waals surface area contributed by atoms with Crippen LogP contribution in [-0.2, 0) is 11.3 Å². The largest absolute Gasteiger partial charge is 0.352 e. The van der Waals surface area contributed by atoms with E-state index >= 15 is 0 Å². The maximum absolute atomic E-state index is 11.2. The van der Waals surface area contributed by atoms with Gasteiger partial charge in [-0.3, -0.25) is 4.79 Å². The number of benzene rings is 2. The minimum atomic E-state index is 0.0861. The van der Waals surface area contributed by atoms with Gasteiger partial charge >= 0.3 is 0 Å². The lowest BCUT2D eigenvalue weighted by atomic mass is 10.00. The van der Waals surface area contributed by atoms with Gasteiger partial charge in [-0.25, -0.2) is 0 Å². The van der Waals surface area contributed by atoms with Crippen molar-refractivity contribution in [3.63, 3.8) is 0 Å². The third kappa shape index (κ3) is 3.44. The number of nitrogens with one attached hydrogen (secondary N) is 1. The Balaban J connectivity index is 2.11. The molecular formula is C17H19NO. The Bertz CT molecular complexity index is 558. The van der Waals surface area contributed by atoms with Crippen LogP contribution in [0, 0.1) is 6.92 Å². The molecule has 2 rings (SSSR count). The molecular weight excluding hydrogens is 234 g/mol. The number of amides is 1. The van der Waals surface area contributed by atoms with Crippen molar-refractivity contribution in [2.75, 3.05) is 0 Å². The van der Waals surface area contributed by atoms with E-state index in [0.717, 1.165) is 5.56 Å². The third-order valence-electron chi connectivity index (χ3n) is 3.22. The van der Waals surface area contributed by atoms with E-state index in [1.807, 2.05) is 13.0 Å². The molecule has 0 bridgehead atoms. The first-order valence-corrected chi connectivity index (χ1v) is 6.62. The van der Waals surface area contributed by atoms with E-state index in [9.17, 15) is 4.79 Å². The number of hydrogen-bond donors (Lipinski definition) is 1. The maximum Gasteiger partial charge on any atom is 0.219 e. The zero-order valence-electron chi connectivity index (χ0n) is 11.4. The van der Waals surface area contributed by atoms with Gasteiger partial charge in [-0.1, -0.05) is 55.5 Å². The molecule has 2 heteroatoms. The smallest absolute Gasteiger partial charge is 0.219 e. The molecule has 0 aromatic heterocycles. The van der Waals surface area contributed by atoms with Crippen LogP contribution in [0.2, 0.25) is 0 Å². The fourth-order valence-corrected chi connectivity index (χ4v) is 2.02. The Morgan fingerprint density at radius 3 is 2.37 bits per heavy atom. The molecule has 1 amide bonds. The number of carbonyl (C=O) groups is 1. The van der Waals surface area contributed by atoms with Gasteiger partial charge in [0.05, 0.1) is 0 Å². The summed E-state index contributed by atoms with van der Waals surface area (Å²) in [5, 5.41) is 2.88. The van der Waals surface area contributed by atoms with Crippen molar-refractivity contribution in [3.05, 3.63) is 59.7 Å².